The summed E-state index contributed by atoms with van der Waals surface area (Å²) < 4.78 is 0. The van der Waals surface area contributed by atoms with Crippen LogP contribution >= 0.6 is 0 Å². The molecule has 2 N–H and O–H groups in total. The summed E-state index contributed by atoms with van der Waals surface area (Å²) in [5.74, 6) is 0. The Morgan fingerprint density at radius 1 is 1.38 bits per heavy atom. The van der Waals surface area contributed by atoms with Crippen LogP contribution in [0.2, 0.25) is 0 Å². The van der Waals surface area contributed by atoms with Crippen molar-refractivity contribution in [2.75, 3.05) is 18.5 Å². The number of anilines is 1. The summed E-state index contributed by atoms with van der Waals surface area (Å²) in [5.41, 5.74) is 2.36. The zero-order valence-electron chi connectivity index (χ0n) is 7.83. The fourth-order valence-corrected chi connectivity index (χ4v) is 1.09. The molecule has 0 spiro atoms. The largest absolute Gasteiger partial charge is 0.392 e. The van der Waals surface area contributed by atoms with Gasteiger partial charge in [0.25, 0.3) is 0 Å². The number of aryl methyl sites for hydroxylation is 1. The molecule has 0 saturated carbocycles. The lowest BCUT2D eigenvalue weighted by molar-refractivity contribution is 0.342. The van der Waals surface area contributed by atoms with Gasteiger partial charge < -0.3 is 10.4 Å². The summed E-state index contributed by atoms with van der Waals surface area (Å²) in [6.07, 6.45) is 3.63. The third-order valence-electron chi connectivity index (χ3n) is 1.71. The van der Waals surface area contributed by atoms with Crippen LogP contribution in [0, 0.1) is 6.92 Å². The number of rotatable bonds is 4. The minimum absolute atomic E-state index is 0.107. The highest BCUT2D eigenvalue weighted by molar-refractivity contribution is 5.45. The minimum atomic E-state index is 0.107. The topological polar surface area (TPSA) is 32.3 Å². The molecule has 0 aromatic heterocycles. The summed E-state index contributed by atoms with van der Waals surface area (Å²) >= 11 is 0. The Hall–Kier alpha value is -1.28. The number of benzene rings is 1. The van der Waals surface area contributed by atoms with Gasteiger partial charge in [-0.1, -0.05) is 24.3 Å². The molecule has 0 radical (unpaired) electrons. The molecular weight excluding hydrogens is 162 g/mol. The average Bonchev–Trinajstić information content (AvgIpc) is 2.13. The molecule has 1 aromatic rings. The second-order valence-electron chi connectivity index (χ2n) is 2.90. The average molecular weight is 177 g/mol. The lowest BCUT2D eigenvalue weighted by atomic mass is 10.2. The van der Waals surface area contributed by atoms with E-state index in [-0.39, 0.29) is 6.61 Å². The molecule has 1 rings (SSSR count). The molecule has 70 valence electrons. The minimum Gasteiger partial charge on any atom is -0.392 e. The molecule has 0 aliphatic carbocycles. The van der Waals surface area contributed by atoms with Gasteiger partial charge in [0, 0.05) is 12.2 Å². The van der Waals surface area contributed by atoms with Gasteiger partial charge in [-0.2, -0.15) is 0 Å². The molecule has 0 amide bonds. The smallest absolute Gasteiger partial charge is 0.0613 e. The van der Waals surface area contributed by atoms with Crippen LogP contribution in [0.25, 0.3) is 0 Å². The van der Waals surface area contributed by atoms with Gasteiger partial charge in [-0.15, -0.1) is 0 Å². The van der Waals surface area contributed by atoms with Crippen LogP contribution in [0.5, 0.6) is 0 Å². The normalized spacial score (nSPS) is 10.6. The van der Waals surface area contributed by atoms with E-state index in [9.17, 15) is 0 Å². The lowest BCUT2D eigenvalue weighted by Crippen LogP contribution is -1.98. The second kappa shape index (κ2) is 5.38. The number of aliphatic hydroxyl groups is 1. The Morgan fingerprint density at radius 3 is 2.92 bits per heavy atom. The highest BCUT2D eigenvalue weighted by Crippen LogP contribution is 2.08. The monoisotopic (exact) mass is 177 g/mol. The molecule has 0 saturated heterocycles. The zero-order chi connectivity index (χ0) is 9.52. The van der Waals surface area contributed by atoms with Gasteiger partial charge in [-0.3, -0.25) is 0 Å². The molecule has 13 heavy (non-hydrogen) atoms. The van der Waals surface area contributed by atoms with E-state index in [2.05, 4.69) is 24.4 Å². The van der Waals surface area contributed by atoms with Crippen molar-refractivity contribution >= 4 is 5.69 Å². The second-order valence-corrected chi connectivity index (χ2v) is 2.90. The predicted octanol–water partition coefficient (Wildman–Crippen LogP) is 1.96. The third kappa shape index (κ3) is 3.76. The van der Waals surface area contributed by atoms with E-state index < -0.39 is 0 Å². The first-order valence-electron chi connectivity index (χ1n) is 4.39. The van der Waals surface area contributed by atoms with Gasteiger partial charge in [-0.05, 0) is 24.6 Å². The standard InChI is InChI=1S/C11H15NO/c1-10-5-4-6-11(9-10)12-7-2-3-8-13/h2-6,9,12-13H,7-8H2,1H3/b3-2+. The zero-order valence-corrected chi connectivity index (χ0v) is 7.83. The molecule has 0 unspecified atom stereocenters. The predicted molar refractivity (Wildman–Crippen MR) is 55.9 cm³/mol. The Morgan fingerprint density at radius 2 is 2.23 bits per heavy atom. The SMILES string of the molecule is Cc1cccc(NC/C=C/CO)c1. The van der Waals surface area contributed by atoms with Gasteiger partial charge in [0.2, 0.25) is 0 Å². The summed E-state index contributed by atoms with van der Waals surface area (Å²) in [4.78, 5) is 0. The van der Waals surface area contributed by atoms with Gasteiger partial charge >= 0.3 is 0 Å². The Kier molecular flexibility index (Phi) is 4.06. The van der Waals surface area contributed by atoms with Crippen molar-refractivity contribution in [3.63, 3.8) is 0 Å². The van der Waals surface area contributed by atoms with E-state index >= 15 is 0 Å². The fraction of sp³-hybridized carbons (Fsp3) is 0.273. The quantitative estimate of drug-likeness (QED) is 0.689. The van der Waals surface area contributed by atoms with Crippen LogP contribution in [0.3, 0.4) is 0 Å². The Balaban J connectivity index is 2.41. The maximum Gasteiger partial charge on any atom is 0.0613 e. The van der Waals surface area contributed by atoms with Crippen LogP contribution in [0.15, 0.2) is 36.4 Å². The summed E-state index contributed by atoms with van der Waals surface area (Å²) in [5, 5.41) is 11.7. The van der Waals surface area contributed by atoms with Crippen LogP contribution in [0.1, 0.15) is 5.56 Å². The molecular formula is C11H15NO. The maximum absolute atomic E-state index is 8.49. The number of aliphatic hydroxyl groups excluding tert-OH is 1. The van der Waals surface area contributed by atoms with E-state index in [1.807, 2.05) is 18.2 Å². The molecule has 0 aliphatic rings. The fourth-order valence-electron chi connectivity index (χ4n) is 1.09. The molecule has 0 atom stereocenters. The maximum atomic E-state index is 8.49. The molecule has 0 heterocycles. The third-order valence-corrected chi connectivity index (χ3v) is 1.71. The van der Waals surface area contributed by atoms with Crippen LogP contribution in [-0.4, -0.2) is 18.3 Å². The van der Waals surface area contributed by atoms with Gasteiger partial charge in [-0.25, -0.2) is 0 Å². The van der Waals surface area contributed by atoms with Crippen molar-refractivity contribution in [1.29, 1.82) is 0 Å². The summed E-state index contributed by atoms with van der Waals surface area (Å²) in [6.45, 7) is 2.92. The van der Waals surface area contributed by atoms with E-state index in [0.29, 0.717) is 0 Å². The van der Waals surface area contributed by atoms with E-state index in [0.717, 1.165) is 12.2 Å². The van der Waals surface area contributed by atoms with Crippen molar-refractivity contribution in [1.82, 2.24) is 0 Å². The molecule has 2 nitrogen and oxygen atoms in total. The van der Waals surface area contributed by atoms with Crippen LogP contribution in [-0.2, 0) is 0 Å². The van der Waals surface area contributed by atoms with Gasteiger partial charge in [0.1, 0.15) is 0 Å². The molecule has 0 fully saturated rings. The number of hydrogen-bond donors (Lipinski definition) is 2. The first-order chi connectivity index (χ1) is 6.33. The molecule has 0 bridgehead atoms. The van der Waals surface area contributed by atoms with Gasteiger partial charge in [0.05, 0.1) is 6.61 Å². The van der Waals surface area contributed by atoms with Gasteiger partial charge in [0.15, 0.2) is 0 Å². The Bertz CT molecular complexity index is 281. The highest BCUT2D eigenvalue weighted by Gasteiger charge is 1.88. The van der Waals surface area contributed by atoms with Crippen LogP contribution < -0.4 is 5.32 Å². The molecule has 1 aromatic carbocycles. The molecule has 0 aliphatic heterocycles. The van der Waals surface area contributed by atoms with Crippen LogP contribution in [0.4, 0.5) is 5.69 Å². The molecule has 2 heteroatoms. The summed E-state index contributed by atoms with van der Waals surface area (Å²) in [7, 11) is 0. The number of nitrogens with one attached hydrogen (secondary N) is 1. The Labute approximate surface area is 78.9 Å². The van der Waals surface area contributed by atoms with Crippen molar-refractivity contribution in [2.45, 2.75) is 6.92 Å². The number of hydrogen-bond acceptors (Lipinski definition) is 2. The van der Waals surface area contributed by atoms with Crippen molar-refractivity contribution in [2.24, 2.45) is 0 Å². The van der Waals surface area contributed by atoms with Crippen molar-refractivity contribution < 1.29 is 5.11 Å². The first kappa shape index (κ1) is 9.81. The highest BCUT2D eigenvalue weighted by atomic mass is 16.2. The summed E-state index contributed by atoms with van der Waals surface area (Å²) in [6, 6.07) is 8.20. The lowest BCUT2D eigenvalue weighted by Gasteiger charge is -2.03. The van der Waals surface area contributed by atoms with Crippen molar-refractivity contribution in [3.05, 3.63) is 42.0 Å². The van der Waals surface area contributed by atoms with E-state index in [1.165, 1.54) is 5.56 Å². The first-order valence-corrected chi connectivity index (χ1v) is 4.39. The van der Waals surface area contributed by atoms with E-state index in [1.54, 1.807) is 6.08 Å². The van der Waals surface area contributed by atoms with Crippen molar-refractivity contribution in [3.8, 4) is 0 Å². The van der Waals surface area contributed by atoms with E-state index in [4.69, 9.17) is 5.11 Å².